The molecule has 1 atom stereocenters. The quantitative estimate of drug-likeness (QED) is 0.759. The summed E-state index contributed by atoms with van der Waals surface area (Å²) < 4.78 is 5.62. The molecule has 1 unspecified atom stereocenters. The summed E-state index contributed by atoms with van der Waals surface area (Å²) in [6.45, 7) is 3.23. The number of para-hydroxylation sites is 1. The minimum absolute atomic E-state index is 0.0978. The molecule has 0 aliphatic carbocycles. The van der Waals surface area contributed by atoms with E-state index in [1.165, 1.54) is 22.3 Å². The fourth-order valence-corrected chi connectivity index (χ4v) is 4.85. The van der Waals surface area contributed by atoms with Crippen LogP contribution in [0.4, 0.5) is 11.4 Å². The minimum atomic E-state index is -0.790. The Morgan fingerprint density at radius 2 is 2.12 bits per heavy atom. The molecule has 1 aliphatic heterocycles. The molecule has 138 valence electrons. The molecular formula is C20H23NO3S2. The number of nitrogens with zero attached hydrogens (tertiary/aromatic N) is 1. The Morgan fingerprint density at radius 1 is 1.35 bits per heavy atom. The first-order chi connectivity index (χ1) is 12.6. The molecule has 0 radical (unpaired) electrons. The van der Waals surface area contributed by atoms with E-state index >= 15 is 0 Å². The van der Waals surface area contributed by atoms with Crippen LogP contribution in [-0.2, 0) is 10.5 Å². The van der Waals surface area contributed by atoms with Gasteiger partial charge in [0.2, 0.25) is 0 Å². The zero-order chi connectivity index (χ0) is 18.5. The number of ether oxygens (including phenoxy) is 1. The maximum absolute atomic E-state index is 10.8. The lowest BCUT2D eigenvalue weighted by Crippen LogP contribution is -2.23. The summed E-state index contributed by atoms with van der Waals surface area (Å²) in [4.78, 5) is 14.4. The van der Waals surface area contributed by atoms with Crippen LogP contribution in [0.1, 0.15) is 12.5 Å². The highest BCUT2D eigenvalue weighted by Crippen LogP contribution is 2.43. The average Bonchev–Trinajstić information content (AvgIpc) is 2.80. The van der Waals surface area contributed by atoms with Gasteiger partial charge in [-0.1, -0.05) is 25.1 Å². The number of thioether (sulfide) groups is 2. The van der Waals surface area contributed by atoms with Gasteiger partial charge in [0.05, 0.1) is 18.6 Å². The third-order valence-corrected chi connectivity index (χ3v) is 6.56. The molecule has 0 aromatic heterocycles. The van der Waals surface area contributed by atoms with Crippen LogP contribution in [0, 0.1) is 5.92 Å². The van der Waals surface area contributed by atoms with Crippen LogP contribution in [0.5, 0.6) is 5.75 Å². The number of anilines is 2. The van der Waals surface area contributed by atoms with Crippen LogP contribution in [0.3, 0.4) is 0 Å². The summed E-state index contributed by atoms with van der Waals surface area (Å²) >= 11 is 3.26. The molecule has 0 fully saturated rings. The Labute approximate surface area is 162 Å². The van der Waals surface area contributed by atoms with E-state index in [0.29, 0.717) is 11.7 Å². The van der Waals surface area contributed by atoms with E-state index in [-0.39, 0.29) is 5.75 Å². The van der Waals surface area contributed by atoms with Gasteiger partial charge < -0.3 is 14.7 Å². The van der Waals surface area contributed by atoms with Gasteiger partial charge in [0.25, 0.3) is 0 Å². The van der Waals surface area contributed by atoms with Crippen molar-refractivity contribution < 1.29 is 14.6 Å². The molecule has 0 spiro atoms. The van der Waals surface area contributed by atoms with Gasteiger partial charge >= 0.3 is 5.97 Å². The predicted octanol–water partition coefficient (Wildman–Crippen LogP) is 4.89. The molecule has 4 nitrogen and oxygen atoms in total. The van der Waals surface area contributed by atoms with Crippen molar-refractivity contribution in [1.29, 1.82) is 0 Å². The number of hydrogen-bond acceptors (Lipinski definition) is 5. The van der Waals surface area contributed by atoms with Gasteiger partial charge in [-0.2, -0.15) is 0 Å². The molecule has 1 N–H and O–H groups in total. The monoisotopic (exact) mass is 389 g/mol. The zero-order valence-electron chi connectivity index (χ0n) is 15.0. The van der Waals surface area contributed by atoms with Gasteiger partial charge in [-0.25, -0.2) is 0 Å². The predicted molar refractivity (Wildman–Crippen MR) is 110 cm³/mol. The third-order valence-electron chi connectivity index (χ3n) is 4.22. The van der Waals surface area contributed by atoms with Crippen molar-refractivity contribution in [3.63, 3.8) is 0 Å². The second-order valence-corrected chi connectivity index (χ2v) is 8.43. The summed E-state index contributed by atoms with van der Waals surface area (Å²) in [5, 5.41) is 8.87. The van der Waals surface area contributed by atoms with Gasteiger partial charge in [0.1, 0.15) is 5.75 Å². The Balaban J connectivity index is 1.97. The van der Waals surface area contributed by atoms with Gasteiger partial charge in [0, 0.05) is 40.3 Å². The summed E-state index contributed by atoms with van der Waals surface area (Å²) in [5.74, 6) is 2.37. The van der Waals surface area contributed by atoms with Crippen LogP contribution < -0.4 is 9.64 Å². The van der Waals surface area contributed by atoms with E-state index in [9.17, 15) is 4.79 Å². The minimum Gasteiger partial charge on any atom is -0.496 e. The molecule has 1 heterocycles. The second kappa shape index (κ2) is 8.73. The summed E-state index contributed by atoms with van der Waals surface area (Å²) in [6.07, 6.45) is 0. The Kier molecular flexibility index (Phi) is 6.38. The van der Waals surface area contributed by atoms with E-state index in [4.69, 9.17) is 9.84 Å². The summed E-state index contributed by atoms with van der Waals surface area (Å²) in [6, 6.07) is 14.7. The first-order valence-electron chi connectivity index (χ1n) is 8.54. The van der Waals surface area contributed by atoms with E-state index in [2.05, 4.69) is 48.2 Å². The lowest BCUT2D eigenvalue weighted by atomic mass is 10.1. The molecule has 2 aromatic rings. The van der Waals surface area contributed by atoms with Gasteiger partial charge in [-0.3, -0.25) is 4.79 Å². The first kappa shape index (κ1) is 19.0. The maximum Gasteiger partial charge on any atom is 0.313 e. The highest BCUT2D eigenvalue weighted by Gasteiger charge is 2.23. The van der Waals surface area contributed by atoms with E-state index < -0.39 is 5.97 Å². The Hall–Kier alpha value is -1.79. The van der Waals surface area contributed by atoms with Crippen molar-refractivity contribution in [3.8, 4) is 5.75 Å². The first-order valence-corrected chi connectivity index (χ1v) is 10.7. The van der Waals surface area contributed by atoms with Crippen molar-refractivity contribution in [2.75, 3.05) is 30.1 Å². The molecule has 0 saturated heterocycles. The molecule has 6 heteroatoms. The number of benzene rings is 2. The maximum atomic E-state index is 10.8. The highest BCUT2D eigenvalue weighted by atomic mass is 32.2. The smallest absolute Gasteiger partial charge is 0.313 e. The van der Waals surface area contributed by atoms with Crippen molar-refractivity contribution >= 4 is 40.9 Å². The standard InChI is InChI=1S/C20H23NO3S2/c1-14-10-21(16-6-4-3-5-7-16)17-9-18(24-2)15(8-19(17)26-11-14)12-25-13-20(22)23/h3-9,14H,10-13H2,1-2H3,(H,22,23). The van der Waals surface area contributed by atoms with Crippen LogP contribution in [-0.4, -0.2) is 36.2 Å². The fourth-order valence-electron chi connectivity index (χ4n) is 3.02. The topological polar surface area (TPSA) is 49.8 Å². The molecule has 0 bridgehead atoms. The Morgan fingerprint density at radius 3 is 2.81 bits per heavy atom. The summed E-state index contributed by atoms with van der Waals surface area (Å²) in [7, 11) is 1.67. The van der Waals surface area contributed by atoms with Crippen molar-refractivity contribution in [1.82, 2.24) is 0 Å². The number of carboxylic acids is 1. The van der Waals surface area contributed by atoms with Crippen LogP contribution in [0.25, 0.3) is 0 Å². The van der Waals surface area contributed by atoms with Crippen molar-refractivity contribution in [2.24, 2.45) is 5.92 Å². The number of aliphatic carboxylic acids is 1. The number of carboxylic acid groups (broad SMARTS) is 1. The molecule has 2 aromatic carbocycles. The fraction of sp³-hybridized carbons (Fsp3) is 0.350. The molecular weight excluding hydrogens is 366 g/mol. The van der Waals surface area contributed by atoms with Gasteiger partial charge in [-0.15, -0.1) is 23.5 Å². The van der Waals surface area contributed by atoms with Gasteiger partial charge in [0.15, 0.2) is 0 Å². The SMILES string of the molecule is COc1cc2c(cc1CSCC(=O)O)SCC(C)CN2c1ccccc1. The number of carbonyl (C=O) groups is 1. The van der Waals surface area contributed by atoms with E-state index in [1.807, 2.05) is 17.8 Å². The number of rotatable bonds is 6. The van der Waals surface area contributed by atoms with Crippen LogP contribution in [0.2, 0.25) is 0 Å². The van der Waals surface area contributed by atoms with E-state index in [1.54, 1.807) is 7.11 Å². The number of hydrogen-bond donors (Lipinski definition) is 1. The Bertz CT molecular complexity index is 767. The van der Waals surface area contributed by atoms with Gasteiger partial charge in [-0.05, 0) is 24.1 Å². The van der Waals surface area contributed by atoms with E-state index in [0.717, 1.165) is 29.3 Å². The van der Waals surface area contributed by atoms with Crippen LogP contribution >= 0.6 is 23.5 Å². The molecule has 0 amide bonds. The third kappa shape index (κ3) is 4.48. The molecule has 26 heavy (non-hydrogen) atoms. The highest BCUT2D eigenvalue weighted by molar-refractivity contribution is 7.99. The van der Waals surface area contributed by atoms with Crippen molar-refractivity contribution in [2.45, 2.75) is 17.6 Å². The number of fused-ring (bicyclic) bond motifs is 1. The summed E-state index contributed by atoms with van der Waals surface area (Å²) in [5.41, 5.74) is 3.39. The molecule has 0 saturated carbocycles. The second-order valence-electron chi connectivity index (χ2n) is 6.38. The lowest BCUT2D eigenvalue weighted by molar-refractivity contribution is -0.133. The largest absolute Gasteiger partial charge is 0.496 e. The van der Waals surface area contributed by atoms with Crippen LogP contribution in [0.15, 0.2) is 47.4 Å². The molecule has 3 rings (SSSR count). The molecule has 1 aliphatic rings. The zero-order valence-corrected chi connectivity index (χ0v) is 16.6. The number of methoxy groups -OCH3 is 1. The normalized spacial score (nSPS) is 16.7. The lowest BCUT2D eigenvalue weighted by Gasteiger charge is -2.27. The average molecular weight is 390 g/mol. The van der Waals surface area contributed by atoms with Crippen molar-refractivity contribution in [3.05, 3.63) is 48.0 Å².